The molecule has 1 saturated heterocycles. The number of aryl methyl sites for hydroxylation is 1. The highest BCUT2D eigenvalue weighted by Crippen LogP contribution is 2.24. The Balaban J connectivity index is 1.73. The highest BCUT2D eigenvalue weighted by molar-refractivity contribution is 5.27. The molecule has 2 atom stereocenters. The van der Waals surface area contributed by atoms with Crippen LogP contribution in [0.5, 0.6) is 5.75 Å². The first kappa shape index (κ1) is 12.4. The van der Waals surface area contributed by atoms with Gasteiger partial charge in [0.05, 0.1) is 13.2 Å². The van der Waals surface area contributed by atoms with Gasteiger partial charge in [-0.05, 0) is 49.3 Å². The molecule has 1 fully saturated rings. The van der Waals surface area contributed by atoms with Crippen molar-refractivity contribution in [2.24, 2.45) is 5.92 Å². The summed E-state index contributed by atoms with van der Waals surface area (Å²) in [4.78, 5) is 0. The van der Waals surface area contributed by atoms with Crippen LogP contribution in [0.3, 0.4) is 0 Å². The molecule has 0 bridgehead atoms. The molecule has 0 saturated carbocycles. The van der Waals surface area contributed by atoms with Gasteiger partial charge in [-0.15, -0.1) is 0 Å². The van der Waals surface area contributed by atoms with E-state index < -0.39 is 0 Å². The zero-order valence-corrected chi connectivity index (χ0v) is 10.8. The summed E-state index contributed by atoms with van der Waals surface area (Å²) >= 11 is 0. The van der Waals surface area contributed by atoms with Gasteiger partial charge >= 0.3 is 0 Å². The zero-order chi connectivity index (χ0) is 12.1. The molecule has 1 aliphatic heterocycles. The average molecular weight is 234 g/mol. The normalized spacial score (nSPS) is 23.9. The summed E-state index contributed by atoms with van der Waals surface area (Å²) in [6.45, 7) is 3.25. The SMILES string of the molecule is COc1ccc(CCC[C@@H]2OCC[C@@H]2C)cc1. The summed E-state index contributed by atoms with van der Waals surface area (Å²) in [7, 11) is 1.70. The second-order valence-electron chi connectivity index (χ2n) is 4.92. The number of benzene rings is 1. The Kier molecular flexibility index (Phi) is 4.43. The summed E-state index contributed by atoms with van der Waals surface area (Å²) in [6.07, 6.45) is 5.26. The third-order valence-corrected chi connectivity index (χ3v) is 3.65. The van der Waals surface area contributed by atoms with E-state index in [1.165, 1.54) is 24.8 Å². The van der Waals surface area contributed by atoms with Gasteiger partial charge < -0.3 is 9.47 Å². The van der Waals surface area contributed by atoms with Gasteiger partial charge in [0, 0.05) is 6.61 Å². The third kappa shape index (κ3) is 3.47. The molecular formula is C15H22O2. The van der Waals surface area contributed by atoms with Crippen LogP contribution in [-0.2, 0) is 11.2 Å². The first-order valence-electron chi connectivity index (χ1n) is 6.54. The molecule has 2 rings (SSSR count). The van der Waals surface area contributed by atoms with E-state index in [0.717, 1.165) is 24.7 Å². The van der Waals surface area contributed by atoms with E-state index in [9.17, 15) is 0 Å². The maximum atomic E-state index is 5.72. The predicted octanol–water partition coefficient (Wildman–Crippen LogP) is 3.44. The zero-order valence-electron chi connectivity index (χ0n) is 10.8. The fourth-order valence-electron chi connectivity index (χ4n) is 2.42. The van der Waals surface area contributed by atoms with Crippen molar-refractivity contribution in [1.29, 1.82) is 0 Å². The molecule has 2 heteroatoms. The van der Waals surface area contributed by atoms with Gasteiger partial charge in [-0.3, -0.25) is 0 Å². The molecule has 94 valence electrons. The summed E-state index contributed by atoms with van der Waals surface area (Å²) in [5, 5.41) is 0. The Bertz CT molecular complexity index is 331. The second-order valence-corrected chi connectivity index (χ2v) is 4.92. The summed E-state index contributed by atoms with van der Waals surface area (Å²) < 4.78 is 10.9. The molecule has 1 aromatic rings. The van der Waals surface area contributed by atoms with E-state index in [2.05, 4.69) is 19.1 Å². The van der Waals surface area contributed by atoms with Crippen LogP contribution in [0.4, 0.5) is 0 Å². The molecule has 1 heterocycles. The van der Waals surface area contributed by atoms with Gasteiger partial charge in [0.1, 0.15) is 5.75 Å². The molecule has 0 amide bonds. The second kappa shape index (κ2) is 6.06. The van der Waals surface area contributed by atoms with Crippen molar-refractivity contribution in [1.82, 2.24) is 0 Å². The first-order chi connectivity index (χ1) is 8.29. The first-order valence-corrected chi connectivity index (χ1v) is 6.54. The lowest BCUT2D eigenvalue weighted by atomic mass is 9.98. The van der Waals surface area contributed by atoms with Crippen molar-refractivity contribution in [3.63, 3.8) is 0 Å². The van der Waals surface area contributed by atoms with Crippen molar-refractivity contribution in [2.75, 3.05) is 13.7 Å². The number of hydrogen-bond donors (Lipinski definition) is 0. The molecule has 0 aromatic heterocycles. The molecule has 2 nitrogen and oxygen atoms in total. The number of methoxy groups -OCH3 is 1. The lowest BCUT2D eigenvalue weighted by Gasteiger charge is -2.14. The maximum absolute atomic E-state index is 5.72. The van der Waals surface area contributed by atoms with Crippen LogP contribution in [0, 0.1) is 5.92 Å². The van der Waals surface area contributed by atoms with E-state index in [4.69, 9.17) is 9.47 Å². The van der Waals surface area contributed by atoms with Crippen molar-refractivity contribution >= 4 is 0 Å². The molecule has 0 N–H and O–H groups in total. The quantitative estimate of drug-likeness (QED) is 0.777. The molecule has 0 radical (unpaired) electrons. The van der Waals surface area contributed by atoms with Crippen LogP contribution in [0.2, 0.25) is 0 Å². The molecule has 0 spiro atoms. The minimum Gasteiger partial charge on any atom is -0.497 e. The largest absolute Gasteiger partial charge is 0.497 e. The summed E-state index contributed by atoms with van der Waals surface area (Å²) in [5.74, 6) is 1.67. The summed E-state index contributed by atoms with van der Waals surface area (Å²) in [5.41, 5.74) is 1.39. The Labute approximate surface area is 104 Å². The van der Waals surface area contributed by atoms with E-state index in [0.29, 0.717) is 6.10 Å². The van der Waals surface area contributed by atoms with Gasteiger partial charge in [-0.25, -0.2) is 0 Å². The van der Waals surface area contributed by atoms with E-state index in [1.54, 1.807) is 7.11 Å². The van der Waals surface area contributed by atoms with Gasteiger partial charge in [0.15, 0.2) is 0 Å². The standard InChI is InChI=1S/C15H22O2/c1-12-10-11-17-15(12)5-3-4-13-6-8-14(16-2)9-7-13/h6-9,12,15H,3-5,10-11H2,1-2H3/t12-,15-/m0/s1. The van der Waals surface area contributed by atoms with Crippen LogP contribution in [0.25, 0.3) is 0 Å². The van der Waals surface area contributed by atoms with E-state index in [1.807, 2.05) is 12.1 Å². The lowest BCUT2D eigenvalue weighted by Crippen LogP contribution is -2.13. The third-order valence-electron chi connectivity index (χ3n) is 3.65. The Morgan fingerprint density at radius 2 is 2.06 bits per heavy atom. The Hall–Kier alpha value is -1.02. The van der Waals surface area contributed by atoms with Gasteiger partial charge in [-0.2, -0.15) is 0 Å². The summed E-state index contributed by atoms with van der Waals surface area (Å²) in [6, 6.07) is 8.36. The minimum atomic E-state index is 0.494. The van der Waals surface area contributed by atoms with Gasteiger partial charge in [0.2, 0.25) is 0 Å². The number of rotatable bonds is 5. The smallest absolute Gasteiger partial charge is 0.118 e. The molecule has 17 heavy (non-hydrogen) atoms. The fraction of sp³-hybridized carbons (Fsp3) is 0.600. The van der Waals surface area contributed by atoms with Crippen LogP contribution >= 0.6 is 0 Å². The molecule has 1 aliphatic rings. The lowest BCUT2D eigenvalue weighted by molar-refractivity contribution is 0.0854. The van der Waals surface area contributed by atoms with Crippen LogP contribution in [0.1, 0.15) is 31.7 Å². The number of ether oxygens (including phenoxy) is 2. The fourth-order valence-corrected chi connectivity index (χ4v) is 2.42. The van der Waals surface area contributed by atoms with E-state index in [-0.39, 0.29) is 0 Å². The van der Waals surface area contributed by atoms with Crippen molar-refractivity contribution in [3.8, 4) is 5.75 Å². The minimum absolute atomic E-state index is 0.494. The molecular weight excluding hydrogens is 212 g/mol. The maximum Gasteiger partial charge on any atom is 0.118 e. The molecule has 0 unspecified atom stereocenters. The predicted molar refractivity (Wildman–Crippen MR) is 69.5 cm³/mol. The van der Waals surface area contributed by atoms with Crippen molar-refractivity contribution < 1.29 is 9.47 Å². The Morgan fingerprint density at radius 3 is 2.65 bits per heavy atom. The van der Waals surface area contributed by atoms with Crippen LogP contribution < -0.4 is 4.74 Å². The Morgan fingerprint density at radius 1 is 1.29 bits per heavy atom. The van der Waals surface area contributed by atoms with Gasteiger partial charge in [0.25, 0.3) is 0 Å². The highest BCUT2D eigenvalue weighted by atomic mass is 16.5. The average Bonchev–Trinajstić information content (AvgIpc) is 2.76. The van der Waals surface area contributed by atoms with Crippen molar-refractivity contribution in [2.45, 2.75) is 38.7 Å². The van der Waals surface area contributed by atoms with Crippen LogP contribution in [-0.4, -0.2) is 19.8 Å². The highest BCUT2D eigenvalue weighted by Gasteiger charge is 2.23. The molecule has 0 aliphatic carbocycles. The van der Waals surface area contributed by atoms with Crippen molar-refractivity contribution in [3.05, 3.63) is 29.8 Å². The van der Waals surface area contributed by atoms with Gasteiger partial charge in [-0.1, -0.05) is 19.1 Å². The number of hydrogen-bond acceptors (Lipinski definition) is 2. The van der Waals surface area contributed by atoms with Crippen LogP contribution in [0.15, 0.2) is 24.3 Å². The molecule has 1 aromatic carbocycles. The topological polar surface area (TPSA) is 18.5 Å². The van der Waals surface area contributed by atoms with E-state index >= 15 is 0 Å². The monoisotopic (exact) mass is 234 g/mol.